The highest BCUT2D eigenvalue weighted by Crippen LogP contribution is 2.11. The summed E-state index contributed by atoms with van der Waals surface area (Å²) in [7, 11) is 0. The average molecular weight is 187 g/mol. The van der Waals surface area contributed by atoms with Crippen LogP contribution >= 0.6 is 0 Å². The maximum Gasteiger partial charge on any atom is 0.0700 e. The van der Waals surface area contributed by atoms with Gasteiger partial charge in [-0.3, -0.25) is 0 Å². The van der Waals surface area contributed by atoms with E-state index in [1.807, 2.05) is 13.8 Å². The molecule has 0 bridgehead atoms. The monoisotopic (exact) mass is 187 g/mol. The molecule has 0 aromatic rings. The molecule has 78 valence electrons. The van der Waals surface area contributed by atoms with Crippen LogP contribution in [0, 0.1) is 0 Å². The van der Waals surface area contributed by atoms with Crippen molar-refractivity contribution < 1.29 is 9.84 Å². The Morgan fingerprint density at radius 3 is 2.85 bits per heavy atom. The van der Waals surface area contributed by atoms with Gasteiger partial charge in [0, 0.05) is 13.2 Å². The molecule has 1 rings (SSSR count). The third-order valence-corrected chi connectivity index (χ3v) is 2.31. The minimum absolute atomic E-state index is 0.404. The zero-order valence-electron chi connectivity index (χ0n) is 8.68. The highest BCUT2D eigenvalue weighted by atomic mass is 16.5. The van der Waals surface area contributed by atoms with E-state index in [9.17, 15) is 5.11 Å². The van der Waals surface area contributed by atoms with Gasteiger partial charge in [-0.1, -0.05) is 0 Å². The molecule has 3 heteroatoms. The second kappa shape index (κ2) is 4.94. The molecule has 1 aliphatic heterocycles. The van der Waals surface area contributed by atoms with Gasteiger partial charge in [-0.15, -0.1) is 0 Å². The summed E-state index contributed by atoms with van der Waals surface area (Å²) in [5, 5.41) is 12.7. The molecule has 1 fully saturated rings. The lowest BCUT2D eigenvalue weighted by Crippen LogP contribution is -2.31. The number of ether oxygens (including phenoxy) is 1. The van der Waals surface area contributed by atoms with Crippen molar-refractivity contribution in [1.82, 2.24) is 5.32 Å². The Labute approximate surface area is 80.5 Å². The molecular weight excluding hydrogens is 166 g/mol. The first-order chi connectivity index (χ1) is 6.08. The Morgan fingerprint density at radius 1 is 1.54 bits per heavy atom. The summed E-state index contributed by atoms with van der Waals surface area (Å²) >= 11 is 0. The van der Waals surface area contributed by atoms with Gasteiger partial charge in [-0.05, 0) is 39.7 Å². The van der Waals surface area contributed by atoms with E-state index in [2.05, 4.69) is 5.32 Å². The van der Waals surface area contributed by atoms with Crippen LogP contribution in [0.4, 0.5) is 0 Å². The Morgan fingerprint density at radius 2 is 2.31 bits per heavy atom. The van der Waals surface area contributed by atoms with Crippen molar-refractivity contribution in [3.8, 4) is 0 Å². The van der Waals surface area contributed by atoms with E-state index >= 15 is 0 Å². The number of hydrogen-bond acceptors (Lipinski definition) is 3. The second-order valence-electron chi connectivity index (χ2n) is 4.40. The van der Waals surface area contributed by atoms with Gasteiger partial charge in [0.15, 0.2) is 0 Å². The SMILES string of the molecule is CC(C)(O)CCNCC1CCCO1. The van der Waals surface area contributed by atoms with Crippen LogP contribution in [0.2, 0.25) is 0 Å². The van der Waals surface area contributed by atoms with E-state index in [1.165, 1.54) is 12.8 Å². The number of rotatable bonds is 5. The molecule has 0 aromatic heterocycles. The lowest BCUT2D eigenvalue weighted by molar-refractivity contribution is 0.0678. The van der Waals surface area contributed by atoms with Gasteiger partial charge in [0.25, 0.3) is 0 Å². The number of hydrogen-bond donors (Lipinski definition) is 2. The second-order valence-corrected chi connectivity index (χ2v) is 4.40. The van der Waals surface area contributed by atoms with Crippen LogP contribution in [0.3, 0.4) is 0 Å². The van der Waals surface area contributed by atoms with Gasteiger partial charge in [0.1, 0.15) is 0 Å². The van der Waals surface area contributed by atoms with Gasteiger partial charge in [-0.25, -0.2) is 0 Å². The third kappa shape index (κ3) is 5.24. The summed E-state index contributed by atoms with van der Waals surface area (Å²) in [6.07, 6.45) is 3.56. The lowest BCUT2D eigenvalue weighted by atomic mass is 10.1. The molecule has 0 saturated carbocycles. The summed E-state index contributed by atoms with van der Waals surface area (Å²) < 4.78 is 5.46. The Hall–Kier alpha value is -0.120. The molecule has 0 aliphatic carbocycles. The smallest absolute Gasteiger partial charge is 0.0700 e. The van der Waals surface area contributed by atoms with Crippen molar-refractivity contribution in [2.75, 3.05) is 19.7 Å². The summed E-state index contributed by atoms with van der Waals surface area (Å²) in [6.45, 7) is 6.37. The maximum absolute atomic E-state index is 9.44. The molecule has 13 heavy (non-hydrogen) atoms. The fourth-order valence-corrected chi connectivity index (χ4v) is 1.46. The molecule has 0 aromatic carbocycles. The average Bonchev–Trinajstić information content (AvgIpc) is 2.48. The van der Waals surface area contributed by atoms with E-state index < -0.39 is 5.60 Å². The predicted molar refractivity (Wildman–Crippen MR) is 52.8 cm³/mol. The minimum atomic E-state index is -0.552. The number of nitrogens with one attached hydrogen (secondary N) is 1. The van der Waals surface area contributed by atoms with Crippen molar-refractivity contribution in [2.45, 2.75) is 44.8 Å². The first kappa shape index (κ1) is 11.0. The van der Waals surface area contributed by atoms with Crippen molar-refractivity contribution in [1.29, 1.82) is 0 Å². The van der Waals surface area contributed by atoms with E-state index in [0.29, 0.717) is 6.10 Å². The van der Waals surface area contributed by atoms with Gasteiger partial charge >= 0.3 is 0 Å². The summed E-state index contributed by atoms with van der Waals surface area (Å²) in [5.74, 6) is 0. The molecule has 1 unspecified atom stereocenters. The van der Waals surface area contributed by atoms with E-state index in [-0.39, 0.29) is 0 Å². The standard InChI is InChI=1S/C10H21NO2/c1-10(2,12)5-6-11-8-9-4-3-7-13-9/h9,11-12H,3-8H2,1-2H3. The summed E-state index contributed by atoms with van der Waals surface area (Å²) in [5.41, 5.74) is -0.552. The zero-order valence-corrected chi connectivity index (χ0v) is 8.68. The van der Waals surface area contributed by atoms with Crippen molar-refractivity contribution >= 4 is 0 Å². The fraction of sp³-hybridized carbons (Fsp3) is 1.00. The van der Waals surface area contributed by atoms with Crippen LogP contribution in [-0.2, 0) is 4.74 Å². The van der Waals surface area contributed by atoms with E-state index in [0.717, 1.165) is 26.1 Å². The molecule has 1 heterocycles. The minimum Gasteiger partial charge on any atom is -0.390 e. The quantitative estimate of drug-likeness (QED) is 0.629. The Kier molecular flexibility index (Phi) is 4.16. The van der Waals surface area contributed by atoms with Crippen LogP contribution < -0.4 is 5.32 Å². The third-order valence-electron chi connectivity index (χ3n) is 2.31. The van der Waals surface area contributed by atoms with Crippen molar-refractivity contribution in [3.63, 3.8) is 0 Å². The van der Waals surface area contributed by atoms with E-state index in [1.54, 1.807) is 0 Å². The van der Waals surface area contributed by atoms with Gasteiger partial charge in [0.2, 0.25) is 0 Å². The van der Waals surface area contributed by atoms with Gasteiger partial charge < -0.3 is 15.2 Å². The molecule has 2 N–H and O–H groups in total. The molecular formula is C10H21NO2. The highest BCUT2D eigenvalue weighted by molar-refractivity contribution is 4.70. The maximum atomic E-state index is 9.44. The molecule has 0 spiro atoms. The van der Waals surface area contributed by atoms with Crippen LogP contribution in [-0.4, -0.2) is 36.5 Å². The van der Waals surface area contributed by atoms with E-state index in [4.69, 9.17) is 4.74 Å². The first-order valence-corrected chi connectivity index (χ1v) is 5.13. The molecule has 0 radical (unpaired) electrons. The Bertz CT molecular complexity index is 136. The summed E-state index contributed by atoms with van der Waals surface area (Å²) in [6, 6.07) is 0. The molecule has 1 atom stereocenters. The van der Waals surface area contributed by atoms with Crippen molar-refractivity contribution in [3.05, 3.63) is 0 Å². The lowest BCUT2D eigenvalue weighted by Gasteiger charge is -2.18. The van der Waals surface area contributed by atoms with Crippen LogP contribution in [0.5, 0.6) is 0 Å². The predicted octanol–water partition coefficient (Wildman–Crippen LogP) is 0.916. The first-order valence-electron chi connectivity index (χ1n) is 5.13. The van der Waals surface area contributed by atoms with Gasteiger partial charge in [-0.2, -0.15) is 0 Å². The van der Waals surface area contributed by atoms with Crippen LogP contribution in [0.1, 0.15) is 33.1 Å². The van der Waals surface area contributed by atoms with Crippen LogP contribution in [0.25, 0.3) is 0 Å². The van der Waals surface area contributed by atoms with Gasteiger partial charge in [0.05, 0.1) is 11.7 Å². The largest absolute Gasteiger partial charge is 0.390 e. The van der Waals surface area contributed by atoms with Crippen molar-refractivity contribution in [2.24, 2.45) is 0 Å². The molecule has 1 saturated heterocycles. The molecule has 0 amide bonds. The topological polar surface area (TPSA) is 41.5 Å². The zero-order chi connectivity index (χ0) is 9.73. The Balaban J connectivity index is 1.94. The van der Waals surface area contributed by atoms with Crippen LogP contribution in [0.15, 0.2) is 0 Å². The number of aliphatic hydroxyl groups is 1. The normalized spacial score (nSPS) is 23.8. The fourth-order valence-electron chi connectivity index (χ4n) is 1.46. The molecule has 1 aliphatic rings. The molecule has 3 nitrogen and oxygen atoms in total. The summed E-state index contributed by atoms with van der Waals surface area (Å²) in [4.78, 5) is 0. The highest BCUT2D eigenvalue weighted by Gasteiger charge is 2.15.